The van der Waals surface area contributed by atoms with Gasteiger partial charge in [-0.2, -0.15) is 5.10 Å². The number of carbonyl (C=O) groups excluding carboxylic acids is 1. The van der Waals surface area contributed by atoms with Crippen LogP contribution < -0.4 is 10.1 Å². The fraction of sp³-hybridized carbons (Fsp3) is 0.250. The van der Waals surface area contributed by atoms with Crippen LogP contribution in [0.15, 0.2) is 42.7 Å². The number of ether oxygens (including phenoxy) is 1. The summed E-state index contributed by atoms with van der Waals surface area (Å²) in [6, 6.07) is 7.36. The number of nitrogens with zero attached hydrogens (tertiary/aromatic N) is 2. The van der Waals surface area contributed by atoms with E-state index in [4.69, 9.17) is 4.74 Å². The van der Waals surface area contributed by atoms with Gasteiger partial charge in [-0.15, -0.1) is 0 Å². The molecule has 0 atom stereocenters. The molecular formula is C16H19N3O2. The highest BCUT2D eigenvalue weighted by molar-refractivity contribution is 6.01. The number of anilines is 1. The zero-order chi connectivity index (χ0) is 15.1. The Kier molecular flexibility index (Phi) is 5.15. The normalized spacial score (nSPS) is 10.8. The summed E-state index contributed by atoms with van der Waals surface area (Å²) in [5.41, 5.74) is 1.59. The van der Waals surface area contributed by atoms with Gasteiger partial charge >= 0.3 is 0 Å². The third-order valence-electron chi connectivity index (χ3n) is 2.73. The number of hydrogen-bond donors (Lipinski definition) is 1. The van der Waals surface area contributed by atoms with E-state index < -0.39 is 0 Å². The third kappa shape index (κ3) is 4.80. The van der Waals surface area contributed by atoms with Gasteiger partial charge in [-0.05, 0) is 24.6 Å². The molecule has 0 aliphatic heterocycles. The highest BCUT2D eigenvalue weighted by atomic mass is 16.5. The summed E-state index contributed by atoms with van der Waals surface area (Å²) >= 11 is 0. The zero-order valence-corrected chi connectivity index (χ0v) is 12.2. The molecule has 2 rings (SSSR count). The molecule has 5 nitrogen and oxygen atoms in total. The van der Waals surface area contributed by atoms with Crippen molar-refractivity contribution in [3.8, 4) is 5.75 Å². The number of benzene rings is 1. The van der Waals surface area contributed by atoms with E-state index in [9.17, 15) is 4.79 Å². The zero-order valence-electron chi connectivity index (χ0n) is 12.2. The first-order chi connectivity index (χ1) is 10.2. The molecule has 21 heavy (non-hydrogen) atoms. The van der Waals surface area contributed by atoms with Crippen molar-refractivity contribution in [3.05, 3.63) is 48.3 Å². The van der Waals surface area contributed by atoms with Gasteiger partial charge < -0.3 is 10.1 Å². The minimum absolute atomic E-state index is 0.188. The lowest BCUT2D eigenvalue weighted by Crippen LogP contribution is -2.07. The van der Waals surface area contributed by atoms with Crippen molar-refractivity contribution >= 4 is 17.7 Å². The van der Waals surface area contributed by atoms with E-state index in [0.29, 0.717) is 12.3 Å². The number of amides is 1. The first kappa shape index (κ1) is 14.8. The lowest BCUT2D eigenvalue weighted by molar-refractivity contribution is -0.111. The second kappa shape index (κ2) is 7.28. The van der Waals surface area contributed by atoms with Crippen molar-refractivity contribution in [1.29, 1.82) is 0 Å². The molecule has 1 amide bonds. The van der Waals surface area contributed by atoms with Crippen LogP contribution in [-0.2, 0) is 11.8 Å². The molecule has 0 saturated heterocycles. The van der Waals surface area contributed by atoms with E-state index in [1.807, 2.05) is 37.5 Å². The summed E-state index contributed by atoms with van der Waals surface area (Å²) in [4.78, 5) is 11.9. The Morgan fingerprint density at radius 3 is 3.05 bits per heavy atom. The molecule has 0 aliphatic carbocycles. The molecule has 0 aliphatic rings. The van der Waals surface area contributed by atoms with E-state index in [2.05, 4.69) is 17.3 Å². The van der Waals surface area contributed by atoms with E-state index in [-0.39, 0.29) is 5.91 Å². The Hall–Kier alpha value is -2.56. The van der Waals surface area contributed by atoms with Gasteiger partial charge in [-0.1, -0.05) is 13.0 Å². The van der Waals surface area contributed by atoms with Gasteiger partial charge in [0.2, 0.25) is 5.91 Å². The lowest BCUT2D eigenvalue weighted by atomic mass is 10.3. The van der Waals surface area contributed by atoms with Crippen LogP contribution in [0.25, 0.3) is 6.08 Å². The van der Waals surface area contributed by atoms with Crippen LogP contribution in [0.4, 0.5) is 5.69 Å². The molecule has 0 unspecified atom stereocenters. The summed E-state index contributed by atoms with van der Waals surface area (Å²) in [6.07, 6.45) is 7.69. The van der Waals surface area contributed by atoms with Crippen LogP contribution in [0.1, 0.15) is 18.9 Å². The number of nitrogens with one attached hydrogen (secondary N) is 1. The summed E-state index contributed by atoms with van der Waals surface area (Å²) in [6.45, 7) is 2.72. The van der Waals surface area contributed by atoms with Crippen LogP contribution in [-0.4, -0.2) is 22.3 Å². The molecule has 0 bridgehead atoms. The topological polar surface area (TPSA) is 56.1 Å². The first-order valence-corrected chi connectivity index (χ1v) is 6.88. The summed E-state index contributed by atoms with van der Waals surface area (Å²) in [5.74, 6) is 0.567. The largest absolute Gasteiger partial charge is 0.494 e. The van der Waals surface area contributed by atoms with Crippen molar-refractivity contribution in [3.63, 3.8) is 0 Å². The minimum Gasteiger partial charge on any atom is -0.494 e. The van der Waals surface area contributed by atoms with E-state index in [1.54, 1.807) is 17.0 Å². The highest BCUT2D eigenvalue weighted by Gasteiger charge is 2.00. The Labute approximate surface area is 124 Å². The monoisotopic (exact) mass is 285 g/mol. The second-order valence-corrected chi connectivity index (χ2v) is 4.65. The highest BCUT2D eigenvalue weighted by Crippen LogP contribution is 2.17. The molecule has 0 fully saturated rings. The maximum Gasteiger partial charge on any atom is 0.248 e. The number of aryl methyl sites for hydroxylation is 1. The SMILES string of the molecule is CCCOc1cccc(NC(=O)/C=C/c2cnn(C)c2)c1. The summed E-state index contributed by atoms with van der Waals surface area (Å²) in [7, 11) is 1.83. The quantitative estimate of drug-likeness (QED) is 0.830. The van der Waals surface area contributed by atoms with Crippen molar-refractivity contribution in [2.45, 2.75) is 13.3 Å². The van der Waals surface area contributed by atoms with Crippen molar-refractivity contribution < 1.29 is 9.53 Å². The third-order valence-corrected chi connectivity index (χ3v) is 2.73. The van der Waals surface area contributed by atoms with E-state index in [1.165, 1.54) is 6.08 Å². The number of carbonyl (C=O) groups is 1. The maximum atomic E-state index is 11.9. The van der Waals surface area contributed by atoms with Gasteiger partial charge in [0.05, 0.1) is 12.8 Å². The average molecular weight is 285 g/mol. The second-order valence-electron chi connectivity index (χ2n) is 4.65. The van der Waals surface area contributed by atoms with Gasteiger partial charge in [-0.25, -0.2) is 0 Å². The fourth-order valence-electron chi connectivity index (χ4n) is 1.77. The van der Waals surface area contributed by atoms with Gasteiger partial charge in [0.15, 0.2) is 0 Å². The number of rotatable bonds is 6. The molecule has 1 N–H and O–H groups in total. The Balaban J connectivity index is 1.94. The maximum absolute atomic E-state index is 11.9. The molecule has 1 aromatic heterocycles. The summed E-state index contributed by atoms with van der Waals surface area (Å²) in [5, 5.41) is 6.84. The molecule has 0 saturated carbocycles. The van der Waals surface area contributed by atoms with Gasteiger partial charge in [0, 0.05) is 36.6 Å². The van der Waals surface area contributed by atoms with Crippen LogP contribution in [0.2, 0.25) is 0 Å². The molecule has 110 valence electrons. The molecule has 1 heterocycles. The van der Waals surface area contributed by atoms with Crippen LogP contribution >= 0.6 is 0 Å². The van der Waals surface area contributed by atoms with E-state index in [0.717, 1.165) is 17.7 Å². The molecule has 0 spiro atoms. The number of aromatic nitrogens is 2. The van der Waals surface area contributed by atoms with Crippen molar-refractivity contribution in [2.75, 3.05) is 11.9 Å². The predicted octanol–water partition coefficient (Wildman–Crippen LogP) is 2.86. The van der Waals surface area contributed by atoms with Gasteiger partial charge in [0.1, 0.15) is 5.75 Å². The van der Waals surface area contributed by atoms with Gasteiger partial charge in [0.25, 0.3) is 0 Å². The van der Waals surface area contributed by atoms with Crippen molar-refractivity contribution in [1.82, 2.24) is 9.78 Å². The van der Waals surface area contributed by atoms with Crippen LogP contribution in [0, 0.1) is 0 Å². The molecular weight excluding hydrogens is 266 g/mol. The van der Waals surface area contributed by atoms with Gasteiger partial charge in [-0.3, -0.25) is 9.48 Å². The van der Waals surface area contributed by atoms with E-state index >= 15 is 0 Å². The molecule has 1 aromatic carbocycles. The molecule has 0 radical (unpaired) electrons. The van der Waals surface area contributed by atoms with Crippen molar-refractivity contribution in [2.24, 2.45) is 7.05 Å². The Morgan fingerprint density at radius 2 is 2.33 bits per heavy atom. The molecule has 5 heteroatoms. The van der Waals surface area contributed by atoms with Crippen LogP contribution in [0.5, 0.6) is 5.75 Å². The first-order valence-electron chi connectivity index (χ1n) is 6.88. The lowest BCUT2D eigenvalue weighted by Gasteiger charge is -2.07. The fourth-order valence-corrected chi connectivity index (χ4v) is 1.77. The summed E-state index contributed by atoms with van der Waals surface area (Å²) < 4.78 is 7.22. The molecule has 2 aromatic rings. The predicted molar refractivity (Wildman–Crippen MR) is 83.1 cm³/mol. The smallest absolute Gasteiger partial charge is 0.248 e. The average Bonchev–Trinajstić information content (AvgIpc) is 2.89. The standard InChI is InChI=1S/C16H19N3O2/c1-3-9-21-15-6-4-5-14(10-15)18-16(20)8-7-13-11-17-19(2)12-13/h4-8,10-12H,3,9H2,1-2H3,(H,18,20)/b8-7+. The van der Waals surface area contributed by atoms with Crippen LogP contribution in [0.3, 0.4) is 0 Å². The number of hydrogen-bond acceptors (Lipinski definition) is 3. The Bertz CT molecular complexity index is 632. The Morgan fingerprint density at radius 1 is 1.48 bits per heavy atom. The minimum atomic E-state index is -0.188.